The second kappa shape index (κ2) is 4.56. The Bertz CT molecular complexity index is 210. The van der Waals surface area contributed by atoms with Crippen molar-refractivity contribution in [3.8, 4) is 0 Å². The lowest BCUT2D eigenvalue weighted by atomic mass is 9.98. The predicted molar refractivity (Wildman–Crippen MR) is 54.7 cm³/mol. The van der Waals surface area contributed by atoms with Gasteiger partial charge in [-0.25, -0.2) is 0 Å². The summed E-state index contributed by atoms with van der Waals surface area (Å²) in [5, 5.41) is 0. The molecule has 1 unspecified atom stereocenters. The van der Waals surface area contributed by atoms with Crippen LogP contribution in [0.3, 0.4) is 0 Å². The van der Waals surface area contributed by atoms with Gasteiger partial charge in [-0.1, -0.05) is 12.5 Å². The number of hydrogen-bond donors (Lipinski definition) is 0. The van der Waals surface area contributed by atoms with Crippen LogP contribution in [0.4, 0.5) is 0 Å². The summed E-state index contributed by atoms with van der Waals surface area (Å²) in [5.41, 5.74) is 1.23. The first-order valence-electron chi connectivity index (χ1n) is 4.99. The lowest BCUT2D eigenvalue weighted by Gasteiger charge is -2.29. The van der Waals surface area contributed by atoms with E-state index in [2.05, 4.69) is 18.4 Å². The van der Waals surface area contributed by atoms with Gasteiger partial charge >= 0.3 is 0 Å². The smallest absolute Gasteiger partial charge is 0.138 e. The highest BCUT2D eigenvalue weighted by molar-refractivity contribution is 5.81. The lowest BCUT2D eigenvalue weighted by molar-refractivity contribution is -0.125. The zero-order chi connectivity index (χ0) is 9.84. The fraction of sp³-hybridized carbons (Fsp3) is 0.727. The van der Waals surface area contributed by atoms with Crippen LogP contribution in [-0.2, 0) is 4.79 Å². The Kier molecular flexibility index (Phi) is 3.67. The van der Waals surface area contributed by atoms with Gasteiger partial charge in [-0.05, 0) is 13.3 Å². The zero-order valence-electron chi connectivity index (χ0n) is 8.68. The third-order valence-electron chi connectivity index (χ3n) is 2.61. The third kappa shape index (κ3) is 3.31. The number of hydrogen-bond acceptors (Lipinski definition) is 2. The van der Waals surface area contributed by atoms with Gasteiger partial charge in [-0.2, -0.15) is 0 Å². The molecule has 0 N–H and O–H groups in total. The first-order valence-corrected chi connectivity index (χ1v) is 4.99. The molecular weight excluding hydrogens is 162 g/mol. The van der Waals surface area contributed by atoms with Crippen molar-refractivity contribution in [3.05, 3.63) is 12.2 Å². The predicted octanol–water partition coefficient (Wildman–Crippen LogP) is 1.86. The van der Waals surface area contributed by atoms with Crippen molar-refractivity contribution in [3.63, 3.8) is 0 Å². The fourth-order valence-electron chi connectivity index (χ4n) is 1.65. The third-order valence-corrected chi connectivity index (χ3v) is 2.61. The van der Waals surface area contributed by atoms with Gasteiger partial charge in [-0.3, -0.25) is 4.79 Å². The molecule has 1 heterocycles. The van der Waals surface area contributed by atoms with Crippen molar-refractivity contribution in [2.45, 2.75) is 26.7 Å². The van der Waals surface area contributed by atoms with Crippen LogP contribution in [0.15, 0.2) is 12.2 Å². The van der Waals surface area contributed by atoms with Crippen LogP contribution in [-0.4, -0.2) is 30.3 Å². The van der Waals surface area contributed by atoms with Crippen LogP contribution in [0.5, 0.6) is 0 Å². The van der Waals surface area contributed by atoms with Crippen LogP contribution in [0.25, 0.3) is 0 Å². The summed E-state index contributed by atoms with van der Waals surface area (Å²) >= 11 is 0. The number of Topliss-reactive ketones (excluding diaryl/α,β-unsaturated/α-hetero) is 1. The Hall–Kier alpha value is -0.630. The molecule has 74 valence electrons. The summed E-state index contributed by atoms with van der Waals surface area (Å²) in [5.74, 6) is 0.658. The average Bonchev–Trinajstić information content (AvgIpc) is 2.07. The summed E-state index contributed by atoms with van der Waals surface area (Å²) in [6, 6.07) is 0. The van der Waals surface area contributed by atoms with Crippen LogP contribution >= 0.6 is 0 Å². The molecule has 1 rings (SSSR count). The number of carbonyl (C=O) groups excluding carboxylic acids is 1. The van der Waals surface area contributed by atoms with E-state index in [9.17, 15) is 4.79 Å². The van der Waals surface area contributed by atoms with E-state index in [1.165, 1.54) is 5.57 Å². The zero-order valence-corrected chi connectivity index (χ0v) is 8.68. The number of piperidine rings is 1. The van der Waals surface area contributed by atoms with E-state index in [1.54, 1.807) is 0 Å². The average molecular weight is 181 g/mol. The number of likely N-dealkylation sites (tertiary alicyclic amines) is 1. The minimum atomic E-state index is 0.235. The van der Waals surface area contributed by atoms with E-state index in [0.29, 0.717) is 5.78 Å². The summed E-state index contributed by atoms with van der Waals surface area (Å²) in [6.45, 7) is 10.9. The highest BCUT2D eigenvalue weighted by Crippen LogP contribution is 2.13. The fourth-order valence-corrected chi connectivity index (χ4v) is 1.65. The molecule has 13 heavy (non-hydrogen) atoms. The maximum atomic E-state index is 11.2. The maximum Gasteiger partial charge on any atom is 0.138 e. The molecule has 1 aliphatic rings. The largest absolute Gasteiger partial charge is 0.302 e. The molecular formula is C11H19NO. The number of nitrogens with zero attached hydrogens (tertiary/aromatic N) is 1. The number of rotatable bonds is 3. The van der Waals surface area contributed by atoms with Gasteiger partial charge in [0, 0.05) is 32.0 Å². The van der Waals surface area contributed by atoms with Crippen molar-refractivity contribution in [1.29, 1.82) is 0 Å². The van der Waals surface area contributed by atoms with E-state index in [4.69, 9.17) is 0 Å². The van der Waals surface area contributed by atoms with Crippen LogP contribution < -0.4 is 0 Å². The standard InChI is InChI=1S/C11H19NO/c1-9(2)4-6-12-7-5-11(13)10(3)8-12/h10H,1,4-8H2,2-3H3. The number of carbonyl (C=O) groups is 1. The van der Waals surface area contributed by atoms with Gasteiger partial charge in [0.05, 0.1) is 0 Å². The van der Waals surface area contributed by atoms with E-state index in [-0.39, 0.29) is 5.92 Å². The second-order valence-corrected chi connectivity index (χ2v) is 4.13. The molecule has 0 aromatic carbocycles. The molecule has 1 saturated heterocycles. The Balaban J connectivity index is 2.29. The SMILES string of the molecule is C=C(C)CCN1CCC(=O)C(C)C1. The molecule has 0 amide bonds. The topological polar surface area (TPSA) is 20.3 Å². The normalized spacial score (nSPS) is 24.8. The van der Waals surface area contributed by atoms with Gasteiger partial charge in [0.25, 0.3) is 0 Å². The molecule has 0 radical (unpaired) electrons. The van der Waals surface area contributed by atoms with E-state index >= 15 is 0 Å². The van der Waals surface area contributed by atoms with Crippen molar-refractivity contribution < 1.29 is 4.79 Å². The first-order chi connectivity index (χ1) is 6.09. The summed E-state index contributed by atoms with van der Waals surface area (Å²) in [6.07, 6.45) is 1.79. The lowest BCUT2D eigenvalue weighted by Crippen LogP contribution is -2.40. The minimum Gasteiger partial charge on any atom is -0.302 e. The van der Waals surface area contributed by atoms with E-state index in [0.717, 1.165) is 32.5 Å². The van der Waals surface area contributed by atoms with E-state index < -0.39 is 0 Å². The molecule has 2 heteroatoms. The Morgan fingerprint density at radius 2 is 2.38 bits per heavy atom. The van der Waals surface area contributed by atoms with Crippen molar-refractivity contribution in [1.82, 2.24) is 4.90 Å². The minimum absolute atomic E-state index is 0.235. The molecule has 2 nitrogen and oxygen atoms in total. The van der Waals surface area contributed by atoms with Gasteiger partial charge in [-0.15, -0.1) is 6.58 Å². The van der Waals surface area contributed by atoms with Crippen molar-refractivity contribution >= 4 is 5.78 Å². The van der Waals surface area contributed by atoms with Gasteiger partial charge in [0.1, 0.15) is 5.78 Å². The summed E-state index contributed by atoms with van der Waals surface area (Å²) in [4.78, 5) is 13.6. The quantitative estimate of drug-likeness (QED) is 0.619. The van der Waals surface area contributed by atoms with E-state index in [1.807, 2.05) is 6.92 Å². The van der Waals surface area contributed by atoms with Gasteiger partial charge in [0.2, 0.25) is 0 Å². The summed E-state index contributed by atoms with van der Waals surface area (Å²) in [7, 11) is 0. The molecule has 0 saturated carbocycles. The van der Waals surface area contributed by atoms with Crippen LogP contribution in [0, 0.1) is 5.92 Å². The van der Waals surface area contributed by atoms with Crippen LogP contribution in [0.1, 0.15) is 26.7 Å². The van der Waals surface area contributed by atoms with Crippen LogP contribution in [0.2, 0.25) is 0 Å². The maximum absolute atomic E-state index is 11.2. The first kappa shape index (κ1) is 10.5. The Labute approximate surface area is 80.6 Å². The molecule has 1 aliphatic heterocycles. The van der Waals surface area contributed by atoms with Crippen molar-refractivity contribution in [2.75, 3.05) is 19.6 Å². The molecule has 1 atom stereocenters. The molecule has 0 aliphatic carbocycles. The van der Waals surface area contributed by atoms with Gasteiger partial charge < -0.3 is 4.90 Å². The monoisotopic (exact) mass is 181 g/mol. The Morgan fingerprint density at radius 3 is 2.92 bits per heavy atom. The molecule has 0 aromatic rings. The van der Waals surface area contributed by atoms with Gasteiger partial charge in [0.15, 0.2) is 0 Å². The molecule has 0 bridgehead atoms. The number of ketones is 1. The molecule has 0 spiro atoms. The highest BCUT2D eigenvalue weighted by Gasteiger charge is 2.22. The van der Waals surface area contributed by atoms with Crippen molar-refractivity contribution in [2.24, 2.45) is 5.92 Å². The molecule has 1 fully saturated rings. The highest BCUT2D eigenvalue weighted by atomic mass is 16.1. The summed E-state index contributed by atoms with van der Waals surface area (Å²) < 4.78 is 0. The molecule has 0 aromatic heterocycles. The second-order valence-electron chi connectivity index (χ2n) is 4.13. The Morgan fingerprint density at radius 1 is 1.69 bits per heavy atom.